The van der Waals surface area contributed by atoms with Gasteiger partial charge in [0.25, 0.3) is 0 Å². The minimum atomic E-state index is -1.31. The maximum atomic E-state index is 10.5. The highest BCUT2D eigenvalue weighted by Gasteiger charge is 2.44. The lowest BCUT2D eigenvalue weighted by atomic mass is 9.97. The molecule has 0 aromatic heterocycles. The molecule has 27 heavy (non-hydrogen) atoms. The second kappa shape index (κ2) is 9.07. The molecule has 7 heteroatoms. The smallest absolute Gasteiger partial charge is 0.183 e. The lowest BCUT2D eigenvalue weighted by Crippen LogP contribution is -2.58. The Bertz CT molecular complexity index is 753. The summed E-state index contributed by atoms with van der Waals surface area (Å²) < 4.78 is 11.4. The maximum absolute atomic E-state index is 10.5. The number of hydrogen-bond acceptors (Lipinski definition) is 7. The first-order valence-corrected chi connectivity index (χ1v) is 8.69. The zero-order chi connectivity index (χ0) is 19.2. The number of ether oxygens (including phenoxy) is 2. The Morgan fingerprint density at radius 2 is 1.70 bits per heavy atom. The van der Waals surface area contributed by atoms with Crippen molar-refractivity contribution in [2.45, 2.75) is 37.3 Å². The molecule has 1 aliphatic rings. The Morgan fingerprint density at radius 3 is 2.41 bits per heavy atom. The fraction of sp³-hybridized carbons (Fsp3) is 0.350. The van der Waals surface area contributed by atoms with Gasteiger partial charge in [0, 0.05) is 11.8 Å². The Balaban J connectivity index is 1.78. The van der Waals surface area contributed by atoms with Crippen molar-refractivity contribution in [2.75, 3.05) is 6.61 Å². The molecule has 0 saturated carbocycles. The predicted molar refractivity (Wildman–Crippen MR) is 98.5 cm³/mol. The number of aromatic hydroxyl groups is 1. The van der Waals surface area contributed by atoms with Crippen LogP contribution in [0.3, 0.4) is 0 Å². The molecule has 0 unspecified atom stereocenters. The summed E-state index contributed by atoms with van der Waals surface area (Å²) in [7, 11) is 0. The van der Waals surface area contributed by atoms with Crippen molar-refractivity contribution in [2.24, 2.45) is 4.99 Å². The fourth-order valence-electron chi connectivity index (χ4n) is 2.88. The van der Waals surface area contributed by atoms with E-state index in [0.717, 1.165) is 5.56 Å². The van der Waals surface area contributed by atoms with Crippen LogP contribution in [0.5, 0.6) is 5.75 Å². The lowest BCUT2D eigenvalue weighted by Gasteiger charge is -2.40. The molecular weight excluding hydrogens is 350 g/mol. The van der Waals surface area contributed by atoms with Crippen LogP contribution >= 0.6 is 0 Å². The molecule has 4 N–H and O–H groups in total. The molecule has 1 aliphatic heterocycles. The largest absolute Gasteiger partial charge is 0.507 e. The third-order valence-corrected chi connectivity index (χ3v) is 4.43. The average molecular weight is 373 g/mol. The molecule has 144 valence electrons. The normalized spacial score (nSPS) is 28.5. The van der Waals surface area contributed by atoms with Gasteiger partial charge in [0.05, 0.1) is 13.2 Å². The molecule has 0 spiro atoms. The van der Waals surface area contributed by atoms with Crippen LogP contribution in [-0.4, -0.2) is 63.9 Å². The van der Waals surface area contributed by atoms with E-state index < -0.39 is 37.3 Å². The second-order valence-corrected chi connectivity index (χ2v) is 6.33. The van der Waals surface area contributed by atoms with Crippen molar-refractivity contribution >= 4 is 6.21 Å². The van der Waals surface area contributed by atoms with E-state index in [2.05, 4.69) is 4.99 Å². The monoisotopic (exact) mass is 373 g/mol. The van der Waals surface area contributed by atoms with Gasteiger partial charge in [-0.1, -0.05) is 42.5 Å². The molecule has 1 heterocycles. The molecule has 2 aromatic rings. The van der Waals surface area contributed by atoms with Gasteiger partial charge in [-0.25, -0.2) is 0 Å². The number of phenolic OH excluding ortho intramolecular Hbond substituents is 1. The van der Waals surface area contributed by atoms with Gasteiger partial charge in [-0.05, 0) is 17.7 Å². The van der Waals surface area contributed by atoms with Crippen molar-refractivity contribution in [3.8, 4) is 5.75 Å². The minimum absolute atomic E-state index is 0.0444. The first kappa shape index (κ1) is 19.5. The highest BCUT2D eigenvalue weighted by atomic mass is 16.7. The molecular formula is C20H23NO6. The van der Waals surface area contributed by atoms with Crippen molar-refractivity contribution in [3.05, 3.63) is 65.7 Å². The summed E-state index contributed by atoms with van der Waals surface area (Å²) in [5.41, 5.74) is 1.37. The van der Waals surface area contributed by atoms with E-state index in [0.29, 0.717) is 5.56 Å². The van der Waals surface area contributed by atoms with Gasteiger partial charge in [0.2, 0.25) is 0 Å². The summed E-state index contributed by atoms with van der Waals surface area (Å²) in [4.78, 5) is 4.28. The molecule has 5 atom stereocenters. The van der Waals surface area contributed by atoms with Crippen LogP contribution in [0.4, 0.5) is 0 Å². The number of nitrogens with zero attached hydrogens (tertiary/aromatic N) is 1. The van der Waals surface area contributed by atoms with E-state index in [1.54, 1.807) is 18.2 Å². The highest BCUT2D eigenvalue weighted by Crippen LogP contribution is 2.26. The molecule has 0 radical (unpaired) electrons. The Labute approximate surface area is 157 Å². The van der Waals surface area contributed by atoms with E-state index in [1.165, 1.54) is 12.3 Å². The van der Waals surface area contributed by atoms with Gasteiger partial charge in [-0.3, -0.25) is 4.99 Å². The number of para-hydroxylation sites is 1. The third-order valence-electron chi connectivity index (χ3n) is 4.43. The van der Waals surface area contributed by atoms with Crippen molar-refractivity contribution in [1.29, 1.82) is 0 Å². The van der Waals surface area contributed by atoms with Crippen molar-refractivity contribution < 1.29 is 29.9 Å². The van der Waals surface area contributed by atoms with Crippen molar-refractivity contribution in [3.63, 3.8) is 0 Å². The molecule has 3 rings (SSSR count). The maximum Gasteiger partial charge on any atom is 0.183 e. The first-order valence-electron chi connectivity index (χ1n) is 8.69. The van der Waals surface area contributed by atoms with Crippen LogP contribution in [0.2, 0.25) is 0 Å². The van der Waals surface area contributed by atoms with E-state index in [1.807, 2.05) is 30.3 Å². The van der Waals surface area contributed by atoms with Gasteiger partial charge in [-0.15, -0.1) is 0 Å². The Morgan fingerprint density at radius 1 is 1.00 bits per heavy atom. The van der Waals surface area contributed by atoms with Crippen LogP contribution in [-0.2, 0) is 16.1 Å². The quantitative estimate of drug-likeness (QED) is 0.558. The summed E-state index contributed by atoms with van der Waals surface area (Å²) in [5, 5.41) is 39.9. The fourth-order valence-corrected chi connectivity index (χ4v) is 2.88. The molecule has 1 saturated heterocycles. The average Bonchev–Trinajstić information content (AvgIpc) is 2.70. The second-order valence-electron chi connectivity index (χ2n) is 6.33. The van der Waals surface area contributed by atoms with Gasteiger partial charge in [0.1, 0.15) is 30.1 Å². The van der Waals surface area contributed by atoms with Gasteiger partial charge in [-0.2, -0.15) is 0 Å². The van der Waals surface area contributed by atoms with E-state index in [9.17, 15) is 20.4 Å². The predicted octanol–water partition coefficient (Wildman–Crippen LogP) is 0.835. The number of phenols is 1. The van der Waals surface area contributed by atoms with Crippen LogP contribution < -0.4 is 0 Å². The van der Waals surface area contributed by atoms with Gasteiger partial charge >= 0.3 is 0 Å². The number of aliphatic hydroxyl groups excluding tert-OH is 3. The lowest BCUT2D eigenvalue weighted by molar-refractivity contribution is -0.268. The van der Waals surface area contributed by atoms with Gasteiger partial charge in [0.15, 0.2) is 6.29 Å². The topological polar surface area (TPSA) is 112 Å². The molecule has 0 bridgehead atoms. The molecule has 1 fully saturated rings. The Kier molecular flexibility index (Phi) is 6.54. The van der Waals surface area contributed by atoms with E-state index >= 15 is 0 Å². The zero-order valence-corrected chi connectivity index (χ0v) is 14.6. The molecule has 2 aromatic carbocycles. The number of aliphatic imine (C=N–C) groups is 1. The third kappa shape index (κ3) is 4.71. The number of benzene rings is 2. The van der Waals surface area contributed by atoms with Crippen molar-refractivity contribution in [1.82, 2.24) is 0 Å². The summed E-state index contributed by atoms with van der Waals surface area (Å²) in [6.07, 6.45) is -3.14. The first-order chi connectivity index (χ1) is 13.1. The van der Waals surface area contributed by atoms with Crippen LogP contribution in [0.15, 0.2) is 59.6 Å². The van der Waals surface area contributed by atoms with E-state index in [-0.39, 0.29) is 12.4 Å². The summed E-state index contributed by atoms with van der Waals surface area (Å²) in [6, 6.07) is 15.1. The highest BCUT2D eigenvalue weighted by molar-refractivity contribution is 5.83. The number of hydrogen-bond donors (Lipinski definition) is 4. The van der Waals surface area contributed by atoms with E-state index in [4.69, 9.17) is 9.47 Å². The SMILES string of the molecule is OC[C@H]1O[C@H](OCc2ccccc2)[C@@H](N=Cc2ccccc2O)[C@@H](O)[C@@H]1O. The minimum Gasteiger partial charge on any atom is -0.507 e. The number of aliphatic hydroxyl groups is 3. The Hall–Kier alpha value is -2.29. The summed E-state index contributed by atoms with van der Waals surface area (Å²) in [5.74, 6) is 0.0444. The van der Waals surface area contributed by atoms with Crippen LogP contribution in [0.1, 0.15) is 11.1 Å². The van der Waals surface area contributed by atoms with Gasteiger partial charge < -0.3 is 29.9 Å². The van der Waals surface area contributed by atoms with Crippen LogP contribution in [0.25, 0.3) is 0 Å². The summed E-state index contributed by atoms with van der Waals surface area (Å²) in [6.45, 7) is -0.242. The van der Waals surface area contributed by atoms with Crippen LogP contribution in [0, 0.1) is 0 Å². The standard InChI is InChI=1S/C20H23NO6/c22-11-16-18(24)19(25)17(21-10-14-8-4-5-9-15(14)23)20(27-16)26-12-13-6-2-1-3-7-13/h1-10,16-20,22-25H,11-12H2/t16-,17+,18-,19-,20+/m1/s1. The molecule has 0 amide bonds. The molecule has 7 nitrogen and oxygen atoms in total. The number of rotatable bonds is 6. The molecule has 0 aliphatic carbocycles. The zero-order valence-electron chi connectivity index (χ0n) is 14.6. The summed E-state index contributed by atoms with van der Waals surface area (Å²) >= 11 is 0.